The van der Waals surface area contributed by atoms with Gasteiger partial charge < -0.3 is 33.6 Å². The van der Waals surface area contributed by atoms with Gasteiger partial charge in [0.2, 0.25) is 5.43 Å². The first-order valence-electron chi connectivity index (χ1n) is 13.2. The molecule has 0 unspecified atom stereocenters. The molecule has 12 heteroatoms. The first-order chi connectivity index (χ1) is 20.5. The van der Waals surface area contributed by atoms with Gasteiger partial charge in [-0.3, -0.25) is 14.6 Å². The molecule has 0 bridgehead atoms. The molecule has 0 fully saturated rings. The average molecular weight is 575 g/mol. The number of fused-ring (bicyclic) bond motifs is 2. The number of hydrogen-bond acceptors (Lipinski definition) is 9. The molecule has 0 saturated heterocycles. The summed E-state index contributed by atoms with van der Waals surface area (Å²) in [7, 11) is 2.94. The molecule has 0 saturated carbocycles. The van der Waals surface area contributed by atoms with Gasteiger partial charge >= 0.3 is 0 Å². The summed E-state index contributed by atoms with van der Waals surface area (Å²) in [6, 6.07) is 7.19. The van der Waals surface area contributed by atoms with Crippen LogP contribution >= 0.6 is 0 Å². The molecule has 2 aliphatic heterocycles. The van der Waals surface area contributed by atoms with Crippen molar-refractivity contribution in [3.8, 4) is 23.1 Å². The molecule has 5 heterocycles. The number of pyridine rings is 3. The Hall–Kier alpha value is -4.81. The van der Waals surface area contributed by atoms with Crippen molar-refractivity contribution in [2.45, 2.75) is 19.6 Å². The number of aromatic nitrogens is 3. The molecule has 0 spiro atoms. The van der Waals surface area contributed by atoms with E-state index in [0.717, 1.165) is 11.6 Å². The third kappa shape index (κ3) is 5.17. The predicted octanol–water partition coefficient (Wildman–Crippen LogP) is 4.33. The van der Waals surface area contributed by atoms with Gasteiger partial charge in [-0.2, -0.15) is 0 Å². The fourth-order valence-electron chi connectivity index (χ4n) is 4.98. The molecule has 0 aliphatic carbocycles. The van der Waals surface area contributed by atoms with E-state index in [2.05, 4.69) is 15.3 Å². The summed E-state index contributed by atoms with van der Waals surface area (Å²) in [6.07, 6.45) is 5.71. The van der Waals surface area contributed by atoms with Crippen molar-refractivity contribution in [3.05, 3.63) is 81.7 Å². The second kappa shape index (κ2) is 11.6. The van der Waals surface area contributed by atoms with Gasteiger partial charge in [-0.1, -0.05) is 6.08 Å². The van der Waals surface area contributed by atoms with Gasteiger partial charge in [0.25, 0.3) is 11.8 Å². The first-order valence-corrected chi connectivity index (χ1v) is 13.2. The summed E-state index contributed by atoms with van der Waals surface area (Å²) in [5.41, 5.74) is 2.30. The van der Waals surface area contributed by atoms with Crippen LogP contribution in [0.4, 0.5) is 10.1 Å². The van der Waals surface area contributed by atoms with E-state index in [1.165, 1.54) is 32.5 Å². The van der Waals surface area contributed by atoms with Crippen molar-refractivity contribution < 1.29 is 32.9 Å². The number of hydrogen-bond donors (Lipinski definition) is 1. The highest BCUT2D eigenvalue weighted by Crippen LogP contribution is 2.35. The van der Waals surface area contributed by atoms with Gasteiger partial charge in [0.15, 0.2) is 23.1 Å². The zero-order chi connectivity index (χ0) is 29.2. The smallest absolute Gasteiger partial charge is 0.261 e. The Morgan fingerprint density at radius 1 is 1.07 bits per heavy atom. The minimum Gasteiger partial charge on any atom is -0.491 e. The van der Waals surface area contributed by atoms with E-state index in [1.54, 1.807) is 18.3 Å². The van der Waals surface area contributed by atoms with Crippen LogP contribution < -0.4 is 25.0 Å². The number of amides is 1. The zero-order valence-electron chi connectivity index (χ0n) is 22.9. The summed E-state index contributed by atoms with van der Waals surface area (Å²) >= 11 is 0. The van der Waals surface area contributed by atoms with Gasteiger partial charge in [0.05, 0.1) is 51.9 Å². The lowest BCUT2D eigenvalue weighted by Gasteiger charge is -2.24. The summed E-state index contributed by atoms with van der Waals surface area (Å²) in [5, 5.41) is 2.67. The van der Waals surface area contributed by atoms with Crippen LogP contribution in [0.25, 0.3) is 16.6 Å². The normalized spacial score (nSPS) is 14.6. The largest absolute Gasteiger partial charge is 0.491 e. The molecule has 6 rings (SSSR count). The van der Waals surface area contributed by atoms with Crippen LogP contribution in [-0.2, 0) is 22.6 Å². The molecule has 0 atom stereocenters. The molecule has 2 aliphatic rings. The highest BCUT2D eigenvalue weighted by molar-refractivity contribution is 6.05. The predicted molar refractivity (Wildman–Crippen MR) is 151 cm³/mol. The third-order valence-electron chi connectivity index (χ3n) is 7.07. The van der Waals surface area contributed by atoms with Crippen molar-refractivity contribution in [1.29, 1.82) is 0 Å². The molecular formula is C30H27FN4O7. The summed E-state index contributed by atoms with van der Waals surface area (Å²) in [6.45, 7) is 1.99. The van der Waals surface area contributed by atoms with Crippen molar-refractivity contribution in [2.24, 2.45) is 0 Å². The SMILES string of the molecule is COc1cc2nccc(Oc3ccc(NC(=O)c4c5n(cc(C6=CCOCC6)c4=O)CCOC5)cc3F)c2nc1OC. The fourth-order valence-corrected chi connectivity index (χ4v) is 4.98. The van der Waals surface area contributed by atoms with Crippen molar-refractivity contribution >= 4 is 28.2 Å². The minimum absolute atomic E-state index is 0.0287. The van der Waals surface area contributed by atoms with E-state index in [9.17, 15) is 9.59 Å². The first kappa shape index (κ1) is 27.4. The van der Waals surface area contributed by atoms with Gasteiger partial charge in [0, 0.05) is 48.4 Å². The van der Waals surface area contributed by atoms with E-state index in [1.807, 2.05) is 10.6 Å². The standard InChI is InChI=1S/C30H27FN4O7/c1-38-25-14-21-27(34-30(25)39-2)24(5-8-32-21)42-23-4-3-18(13-20(23)31)33-29(37)26-22-16-41-12-9-35(22)15-19(28(26)36)17-6-10-40-11-7-17/h3-6,8,13-15H,7,9-12,16H2,1-2H3,(H,33,37). The number of carbonyl (C=O) groups is 1. The number of halogens is 1. The van der Waals surface area contributed by atoms with Gasteiger partial charge in [-0.15, -0.1) is 0 Å². The van der Waals surface area contributed by atoms with E-state index in [-0.39, 0.29) is 35.2 Å². The van der Waals surface area contributed by atoms with Crippen LogP contribution in [-0.4, -0.2) is 54.5 Å². The summed E-state index contributed by atoms with van der Waals surface area (Å²) in [5.74, 6) is -0.624. The van der Waals surface area contributed by atoms with Crippen LogP contribution in [0.2, 0.25) is 0 Å². The quantitative estimate of drug-likeness (QED) is 0.344. The van der Waals surface area contributed by atoms with Crippen molar-refractivity contribution in [1.82, 2.24) is 14.5 Å². The molecule has 0 radical (unpaired) electrons. The lowest BCUT2D eigenvalue weighted by molar-refractivity contribution is 0.0807. The molecule has 216 valence electrons. The number of carbonyl (C=O) groups excluding carboxylic acids is 1. The lowest BCUT2D eigenvalue weighted by atomic mass is 9.98. The number of rotatable bonds is 7. The van der Waals surface area contributed by atoms with Crippen molar-refractivity contribution in [2.75, 3.05) is 39.4 Å². The minimum atomic E-state index is -0.735. The number of nitrogens with zero attached hydrogens (tertiary/aromatic N) is 3. The molecule has 4 aromatic rings. The highest BCUT2D eigenvalue weighted by atomic mass is 19.1. The zero-order valence-corrected chi connectivity index (χ0v) is 22.9. The topological polar surface area (TPSA) is 123 Å². The van der Waals surface area contributed by atoms with Crippen LogP contribution in [0, 0.1) is 5.82 Å². The average Bonchev–Trinajstić information content (AvgIpc) is 3.01. The second-order valence-corrected chi connectivity index (χ2v) is 9.57. The summed E-state index contributed by atoms with van der Waals surface area (Å²) < 4.78 is 44.5. The van der Waals surface area contributed by atoms with Gasteiger partial charge in [0.1, 0.15) is 11.1 Å². The van der Waals surface area contributed by atoms with Crippen LogP contribution in [0.1, 0.15) is 28.0 Å². The molecule has 11 nitrogen and oxygen atoms in total. The molecule has 1 N–H and O–H groups in total. The lowest BCUT2D eigenvalue weighted by Crippen LogP contribution is -2.32. The van der Waals surface area contributed by atoms with Crippen molar-refractivity contribution in [3.63, 3.8) is 0 Å². The van der Waals surface area contributed by atoms with Gasteiger partial charge in [-0.25, -0.2) is 9.37 Å². The van der Waals surface area contributed by atoms with Crippen LogP contribution in [0.5, 0.6) is 23.1 Å². The summed E-state index contributed by atoms with van der Waals surface area (Å²) in [4.78, 5) is 35.7. The fraction of sp³-hybridized carbons (Fsp3) is 0.267. The number of methoxy groups -OCH3 is 2. The molecule has 1 aromatic carbocycles. The Labute approximate surface area is 239 Å². The van der Waals surface area contributed by atoms with E-state index >= 15 is 4.39 Å². The Morgan fingerprint density at radius 3 is 2.71 bits per heavy atom. The Kier molecular flexibility index (Phi) is 7.55. The maximum atomic E-state index is 15.3. The maximum absolute atomic E-state index is 15.3. The third-order valence-corrected chi connectivity index (χ3v) is 7.07. The highest BCUT2D eigenvalue weighted by Gasteiger charge is 2.26. The monoisotopic (exact) mass is 574 g/mol. The number of ether oxygens (including phenoxy) is 5. The Morgan fingerprint density at radius 2 is 1.95 bits per heavy atom. The van der Waals surface area contributed by atoms with E-state index in [4.69, 9.17) is 23.7 Å². The molecule has 3 aromatic heterocycles. The van der Waals surface area contributed by atoms with Crippen LogP contribution in [0.3, 0.4) is 0 Å². The Bertz CT molecular complexity index is 1790. The number of benzene rings is 1. The molecular weight excluding hydrogens is 547 g/mol. The van der Waals surface area contributed by atoms with E-state index < -0.39 is 17.2 Å². The van der Waals surface area contributed by atoms with E-state index in [0.29, 0.717) is 60.8 Å². The molecule has 1 amide bonds. The maximum Gasteiger partial charge on any atom is 0.261 e. The molecule has 42 heavy (non-hydrogen) atoms. The number of nitrogens with one attached hydrogen (secondary N) is 1. The second-order valence-electron chi connectivity index (χ2n) is 9.57. The Balaban J connectivity index is 1.29. The van der Waals surface area contributed by atoms with Crippen LogP contribution in [0.15, 0.2) is 53.6 Å². The van der Waals surface area contributed by atoms with Gasteiger partial charge in [-0.05, 0) is 24.1 Å². The number of anilines is 1.